The number of rotatable bonds is 6. The van der Waals surface area contributed by atoms with Gasteiger partial charge in [-0.2, -0.15) is 0 Å². The number of benzene rings is 3. The summed E-state index contributed by atoms with van der Waals surface area (Å²) >= 11 is 0. The Hall–Kier alpha value is -2.94. The molecule has 25 heavy (non-hydrogen) atoms. The van der Waals surface area contributed by atoms with Crippen molar-refractivity contribution in [1.29, 1.82) is 0 Å². The zero-order chi connectivity index (χ0) is 17.6. The highest BCUT2D eigenvalue weighted by atomic mass is 16.3. The number of aryl methyl sites for hydroxylation is 4. The van der Waals surface area contributed by atoms with Gasteiger partial charge < -0.3 is 15.3 Å². The molecule has 0 aromatic heterocycles. The molecule has 0 aliphatic carbocycles. The highest BCUT2D eigenvalue weighted by Gasteiger charge is 2.02. The van der Waals surface area contributed by atoms with E-state index < -0.39 is 0 Å². The van der Waals surface area contributed by atoms with E-state index in [1.807, 2.05) is 12.1 Å². The lowest BCUT2D eigenvalue weighted by Crippen LogP contribution is -1.95. The first-order valence-electron chi connectivity index (χ1n) is 8.46. The highest BCUT2D eigenvalue weighted by Crippen LogP contribution is 2.22. The van der Waals surface area contributed by atoms with E-state index in [0.29, 0.717) is 5.75 Å². The summed E-state index contributed by atoms with van der Waals surface area (Å²) in [6.07, 6.45) is 3.51. The van der Waals surface area contributed by atoms with Crippen molar-refractivity contribution in [3.05, 3.63) is 89.0 Å². The first-order valence-corrected chi connectivity index (χ1v) is 8.46. The van der Waals surface area contributed by atoms with Crippen molar-refractivity contribution >= 4 is 0 Å². The maximum Gasteiger partial charge on any atom is 0.119 e. The van der Waals surface area contributed by atoms with Gasteiger partial charge in [0.2, 0.25) is 0 Å². The fourth-order valence-electron chi connectivity index (χ4n) is 2.98. The van der Waals surface area contributed by atoms with Crippen LogP contribution >= 0.6 is 0 Å². The molecule has 0 saturated carbocycles. The molecule has 3 rings (SSSR count). The first-order chi connectivity index (χ1) is 12.1. The van der Waals surface area contributed by atoms with Crippen LogP contribution < -0.4 is 0 Å². The fraction of sp³-hybridized carbons (Fsp3) is 0.182. The van der Waals surface area contributed by atoms with Crippen molar-refractivity contribution in [3.8, 4) is 17.2 Å². The minimum absolute atomic E-state index is 0.0950. The normalized spacial score (nSPS) is 10.7. The van der Waals surface area contributed by atoms with Crippen LogP contribution in [0.1, 0.15) is 22.3 Å². The van der Waals surface area contributed by atoms with E-state index in [4.69, 9.17) is 0 Å². The van der Waals surface area contributed by atoms with Crippen LogP contribution in [0, 0.1) is 0 Å². The molecule has 3 heteroatoms. The third-order valence-electron chi connectivity index (χ3n) is 4.29. The van der Waals surface area contributed by atoms with E-state index in [-0.39, 0.29) is 11.5 Å². The fourth-order valence-corrected chi connectivity index (χ4v) is 2.98. The Bertz CT molecular complexity index is 818. The highest BCUT2D eigenvalue weighted by molar-refractivity contribution is 5.37. The summed E-state index contributed by atoms with van der Waals surface area (Å²) in [7, 11) is 0. The predicted octanol–water partition coefficient (Wildman–Crippen LogP) is 4.37. The van der Waals surface area contributed by atoms with Gasteiger partial charge in [-0.1, -0.05) is 36.4 Å². The summed E-state index contributed by atoms with van der Waals surface area (Å²) in [4.78, 5) is 0. The van der Waals surface area contributed by atoms with Crippen molar-refractivity contribution in [2.24, 2.45) is 0 Å². The lowest BCUT2D eigenvalue weighted by molar-refractivity contribution is 0.449. The van der Waals surface area contributed by atoms with Gasteiger partial charge in [0.1, 0.15) is 17.2 Å². The maximum atomic E-state index is 9.55. The molecule has 3 N–H and O–H groups in total. The second-order valence-corrected chi connectivity index (χ2v) is 6.34. The van der Waals surface area contributed by atoms with E-state index in [0.717, 1.165) is 31.2 Å². The van der Waals surface area contributed by atoms with Gasteiger partial charge in [0.15, 0.2) is 0 Å². The summed E-state index contributed by atoms with van der Waals surface area (Å²) in [6.45, 7) is 0. The monoisotopic (exact) mass is 334 g/mol. The third-order valence-corrected chi connectivity index (χ3v) is 4.29. The van der Waals surface area contributed by atoms with E-state index >= 15 is 0 Å². The second kappa shape index (κ2) is 7.75. The molecule has 0 spiro atoms. The van der Waals surface area contributed by atoms with Crippen molar-refractivity contribution in [2.45, 2.75) is 25.7 Å². The zero-order valence-corrected chi connectivity index (χ0v) is 14.0. The van der Waals surface area contributed by atoms with Crippen molar-refractivity contribution < 1.29 is 15.3 Å². The number of phenols is 3. The van der Waals surface area contributed by atoms with Crippen LogP contribution in [0.5, 0.6) is 17.2 Å². The maximum absolute atomic E-state index is 9.55. The number of phenolic OH excluding ortho intramolecular Hbond substituents is 3. The van der Waals surface area contributed by atoms with E-state index in [9.17, 15) is 15.3 Å². The quantitative estimate of drug-likeness (QED) is 0.627. The molecule has 3 nitrogen and oxygen atoms in total. The molecule has 0 bridgehead atoms. The van der Waals surface area contributed by atoms with Crippen LogP contribution in [0.4, 0.5) is 0 Å². The molecule has 0 amide bonds. The lowest BCUT2D eigenvalue weighted by Gasteiger charge is -2.07. The number of aromatic hydroxyl groups is 3. The molecular formula is C22H22O3. The van der Waals surface area contributed by atoms with Crippen LogP contribution in [-0.2, 0) is 25.7 Å². The molecule has 128 valence electrons. The summed E-state index contributed by atoms with van der Waals surface area (Å²) in [6, 6.07) is 20.6. The lowest BCUT2D eigenvalue weighted by atomic mass is 9.99. The van der Waals surface area contributed by atoms with Crippen LogP contribution in [0.25, 0.3) is 0 Å². The average molecular weight is 334 g/mol. The Morgan fingerprint density at radius 2 is 0.960 bits per heavy atom. The second-order valence-electron chi connectivity index (χ2n) is 6.34. The molecule has 3 aromatic carbocycles. The number of hydrogen-bond donors (Lipinski definition) is 3. The largest absolute Gasteiger partial charge is 0.508 e. The average Bonchev–Trinajstić information content (AvgIpc) is 2.59. The molecule has 0 heterocycles. The van der Waals surface area contributed by atoms with E-state index in [1.54, 1.807) is 24.3 Å². The SMILES string of the molecule is Oc1ccc(CCc2cccc(CCc3cc(O)cc(O)c3)c2)cc1. The van der Waals surface area contributed by atoms with Crippen LogP contribution in [0.15, 0.2) is 66.7 Å². The Morgan fingerprint density at radius 1 is 0.440 bits per heavy atom. The van der Waals surface area contributed by atoms with Gasteiger partial charge >= 0.3 is 0 Å². The summed E-state index contributed by atoms with van der Waals surface area (Å²) in [5.74, 6) is 0.485. The Labute approximate surface area is 147 Å². The smallest absolute Gasteiger partial charge is 0.119 e. The van der Waals surface area contributed by atoms with Crippen LogP contribution in [-0.4, -0.2) is 15.3 Å². The van der Waals surface area contributed by atoms with E-state index in [2.05, 4.69) is 24.3 Å². The van der Waals surface area contributed by atoms with Gasteiger partial charge in [0.25, 0.3) is 0 Å². The Balaban J connectivity index is 1.60. The number of hydrogen-bond acceptors (Lipinski definition) is 3. The molecular weight excluding hydrogens is 312 g/mol. The molecule has 0 unspecified atom stereocenters. The van der Waals surface area contributed by atoms with Gasteiger partial charge in [0.05, 0.1) is 0 Å². The summed E-state index contributed by atoms with van der Waals surface area (Å²) in [5.41, 5.74) is 4.65. The predicted molar refractivity (Wildman–Crippen MR) is 99.1 cm³/mol. The van der Waals surface area contributed by atoms with Crippen LogP contribution in [0.3, 0.4) is 0 Å². The minimum Gasteiger partial charge on any atom is -0.508 e. The molecule has 0 aliphatic heterocycles. The van der Waals surface area contributed by atoms with Gasteiger partial charge in [-0.15, -0.1) is 0 Å². The molecule has 0 aliphatic rings. The van der Waals surface area contributed by atoms with Gasteiger partial charge in [-0.25, -0.2) is 0 Å². The third kappa shape index (κ3) is 5.01. The molecule has 0 atom stereocenters. The molecule has 0 saturated heterocycles. The standard InChI is InChI=1S/C22H22O3/c23-20-10-8-16(9-11-20)4-5-17-2-1-3-18(12-17)6-7-19-13-21(24)15-22(25)14-19/h1-3,8-15,23-25H,4-7H2. The van der Waals surface area contributed by atoms with Crippen molar-refractivity contribution in [1.82, 2.24) is 0 Å². The first kappa shape index (κ1) is 16.9. The van der Waals surface area contributed by atoms with Gasteiger partial charge in [0, 0.05) is 6.07 Å². The minimum atomic E-state index is 0.0950. The molecule has 3 aromatic rings. The van der Waals surface area contributed by atoms with Gasteiger partial charge in [-0.05, 0) is 72.2 Å². The Morgan fingerprint density at radius 3 is 1.56 bits per heavy atom. The van der Waals surface area contributed by atoms with Crippen molar-refractivity contribution in [2.75, 3.05) is 0 Å². The molecule has 0 radical (unpaired) electrons. The Kier molecular flexibility index (Phi) is 5.24. The summed E-state index contributed by atoms with van der Waals surface area (Å²) in [5, 5.41) is 28.4. The zero-order valence-electron chi connectivity index (χ0n) is 14.0. The van der Waals surface area contributed by atoms with Crippen LogP contribution in [0.2, 0.25) is 0 Å². The topological polar surface area (TPSA) is 60.7 Å². The molecule has 0 fully saturated rings. The van der Waals surface area contributed by atoms with Gasteiger partial charge in [-0.3, -0.25) is 0 Å². The summed E-state index contributed by atoms with van der Waals surface area (Å²) < 4.78 is 0. The van der Waals surface area contributed by atoms with Crippen molar-refractivity contribution in [3.63, 3.8) is 0 Å². The van der Waals surface area contributed by atoms with E-state index in [1.165, 1.54) is 22.8 Å².